The van der Waals surface area contributed by atoms with Crippen LogP contribution in [0.2, 0.25) is 0 Å². The van der Waals surface area contributed by atoms with Crippen LogP contribution in [0.4, 0.5) is 0 Å². The Kier molecular flexibility index (Phi) is 5.85. The van der Waals surface area contributed by atoms with Gasteiger partial charge in [0.1, 0.15) is 5.76 Å². The average molecular weight is 316 g/mol. The maximum Gasteiger partial charge on any atom is 0.273 e. The number of hydrogen-bond donors (Lipinski definition) is 2. The fraction of sp³-hybridized carbons (Fsp3) is 0.375. The van der Waals surface area contributed by atoms with Gasteiger partial charge in [0.05, 0.1) is 5.56 Å². The molecule has 0 unspecified atom stereocenters. The number of carbonyl (C=O) groups excluding carboxylic acids is 2. The van der Waals surface area contributed by atoms with Gasteiger partial charge in [-0.25, -0.2) is 0 Å². The second-order valence-corrected chi connectivity index (χ2v) is 5.53. The fourth-order valence-electron chi connectivity index (χ4n) is 1.96. The summed E-state index contributed by atoms with van der Waals surface area (Å²) in [4.78, 5) is 27.6. The molecular formula is C16H20N4O3. The van der Waals surface area contributed by atoms with Crippen LogP contribution in [0.1, 0.15) is 40.5 Å². The number of rotatable bonds is 7. The lowest BCUT2D eigenvalue weighted by atomic mass is 10.1. The summed E-state index contributed by atoms with van der Waals surface area (Å²) in [5, 5.41) is 9.13. The minimum Gasteiger partial charge on any atom is -0.361 e. The number of carbonyl (C=O) groups is 2. The first-order chi connectivity index (χ1) is 11.1. The zero-order valence-corrected chi connectivity index (χ0v) is 13.2. The van der Waals surface area contributed by atoms with Gasteiger partial charge in [0.2, 0.25) is 0 Å². The zero-order chi connectivity index (χ0) is 16.7. The van der Waals surface area contributed by atoms with Crippen molar-refractivity contribution in [2.75, 3.05) is 13.1 Å². The molecular weight excluding hydrogens is 296 g/mol. The van der Waals surface area contributed by atoms with E-state index in [-0.39, 0.29) is 17.5 Å². The van der Waals surface area contributed by atoms with Crippen LogP contribution < -0.4 is 10.6 Å². The molecule has 122 valence electrons. The summed E-state index contributed by atoms with van der Waals surface area (Å²) in [5.41, 5.74) is 0.730. The Morgan fingerprint density at radius 3 is 2.61 bits per heavy atom. The van der Waals surface area contributed by atoms with Crippen molar-refractivity contribution in [1.29, 1.82) is 0 Å². The standard InChI is InChI=1S/C16H20N4O3/c1-11(2)8-13-9-14(20-23-13)16(22)19-7-6-18-15(21)12-4-3-5-17-10-12/h3-5,9-11H,6-8H2,1-2H3,(H,18,21)(H,19,22). The third-order valence-electron chi connectivity index (χ3n) is 3.02. The Hall–Kier alpha value is -2.70. The van der Waals surface area contributed by atoms with Gasteiger partial charge >= 0.3 is 0 Å². The van der Waals surface area contributed by atoms with Gasteiger partial charge in [-0.05, 0) is 18.1 Å². The van der Waals surface area contributed by atoms with Crippen molar-refractivity contribution in [2.24, 2.45) is 5.92 Å². The first-order valence-corrected chi connectivity index (χ1v) is 7.48. The molecule has 0 bridgehead atoms. The topological polar surface area (TPSA) is 97.1 Å². The van der Waals surface area contributed by atoms with E-state index in [0.717, 1.165) is 6.42 Å². The third kappa shape index (κ3) is 5.21. The van der Waals surface area contributed by atoms with Crippen molar-refractivity contribution in [2.45, 2.75) is 20.3 Å². The largest absolute Gasteiger partial charge is 0.361 e. The number of nitrogens with one attached hydrogen (secondary N) is 2. The van der Waals surface area contributed by atoms with Crippen LogP contribution in [0.15, 0.2) is 35.1 Å². The van der Waals surface area contributed by atoms with Crippen LogP contribution in [0.5, 0.6) is 0 Å². The molecule has 0 atom stereocenters. The van der Waals surface area contributed by atoms with Gasteiger partial charge in [0.15, 0.2) is 5.69 Å². The van der Waals surface area contributed by atoms with Crippen molar-refractivity contribution >= 4 is 11.8 Å². The zero-order valence-electron chi connectivity index (χ0n) is 13.2. The third-order valence-corrected chi connectivity index (χ3v) is 3.02. The Morgan fingerprint density at radius 2 is 1.96 bits per heavy atom. The van der Waals surface area contributed by atoms with Gasteiger partial charge in [-0.3, -0.25) is 14.6 Å². The van der Waals surface area contributed by atoms with Crippen molar-refractivity contribution < 1.29 is 14.1 Å². The maximum atomic E-state index is 11.9. The smallest absolute Gasteiger partial charge is 0.273 e. The lowest BCUT2D eigenvalue weighted by Gasteiger charge is -2.05. The molecule has 2 aromatic heterocycles. The molecule has 2 rings (SSSR count). The molecule has 7 heteroatoms. The monoisotopic (exact) mass is 316 g/mol. The summed E-state index contributed by atoms with van der Waals surface area (Å²) >= 11 is 0. The molecule has 7 nitrogen and oxygen atoms in total. The fourth-order valence-corrected chi connectivity index (χ4v) is 1.96. The van der Waals surface area contributed by atoms with Crippen LogP contribution in [0, 0.1) is 5.92 Å². The highest BCUT2D eigenvalue weighted by molar-refractivity contribution is 5.94. The first-order valence-electron chi connectivity index (χ1n) is 7.48. The maximum absolute atomic E-state index is 11.9. The summed E-state index contributed by atoms with van der Waals surface area (Å²) in [7, 11) is 0. The number of pyridine rings is 1. The van der Waals surface area contributed by atoms with Gasteiger partial charge < -0.3 is 15.2 Å². The van der Waals surface area contributed by atoms with Gasteiger partial charge in [-0.1, -0.05) is 19.0 Å². The Balaban J connectivity index is 1.72. The van der Waals surface area contributed by atoms with E-state index < -0.39 is 0 Å². The molecule has 2 amide bonds. The van der Waals surface area contributed by atoms with Crippen LogP contribution in [0.3, 0.4) is 0 Å². The highest BCUT2D eigenvalue weighted by Gasteiger charge is 2.13. The lowest BCUT2D eigenvalue weighted by molar-refractivity contribution is 0.0922. The quantitative estimate of drug-likeness (QED) is 0.753. The SMILES string of the molecule is CC(C)Cc1cc(C(=O)NCCNC(=O)c2cccnc2)no1. The van der Waals surface area contributed by atoms with E-state index in [4.69, 9.17) is 4.52 Å². The van der Waals surface area contributed by atoms with Crippen LogP contribution >= 0.6 is 0 Å². The van der Waals surface area contributed by atoms with Gasteiger partial charge in [-0.2, -0.15) is 0 Å². The highest BCUT2D eigenvalue weighted by atomic mass is 16.5. The molecule has 0 spiro atoms. The molecule has 2 heterocycles. The molecule has 0 aliphatic rings. The number of aromatic nitrogens is 2. The van der Waals surface area contributed by atoms with E-state index in [0.29, 0.717) is 30.3 Å². The van der Waals surface area contributed by atoms with Gasteiger partial charge in [-0.15, -0.1) is 0 Å². The van der Waals surface area contributed by atoms with Crippen molar-refractivity contribution in [3.8, 4) is 0 Å². The van der Waals surface area contributed by atoms with E-state index in [1.165, 1.54) is 6.20 Å². The second-order valence-electron chi connectivity index (χ2n) is 5.53. The van der Waals surface area contributed by atoms with Gasteiger partial charge in [0, 0.05) is 38.0 Å². The van der Waals surface area contributed by atoms with E-state index in [9.17, 15) is 9.59 Å². The Bertz CT molecular complexity index is 652. The van der Waals surface area contributed by atoms with E-state index in [1.807, 2.05) is 0 Å². The van der Waals surface area contributed by atoms with Crippen LogP contribution in [0.25, 0.3) is 0 Å². The summed E-state index contributed by atoms with van der Waals surface area (Å²) in [5.74, 6) is 0.573. The van der Waals surface area contributed by atoms with Crippen LogP contribution in [-0.4, -0.2) is 35.0 Å². The van der Waals surface area contributed by atoms with Crippen molar-refractivity contribution in [3.63, 3.8) is 0 Å². The highest BCUT2D eigenvalue weighted by Crippen LogP contribution is 2.09. The van der Waals surface area contributed by atoms with E-state index in [2.05, 4.69) is 34.6 Å². The molecule has 0 radical (unpaired) electrons. The molecule has 0 saturated carbocycles. The first kappa shape index (κ1) is 16.7. The van der Waals surface area contributed by atoms with Gasteiger partial charge in [0.25, 0.3) is 11.8 Å². The molecule has 0 aromatic carbocycles. The molecule has 0 saturated heterocycles. The predicted molar refractivity (Wildman–Crippen MR) is 83.9 cm³/mol. The second kappa shape index (κ2) is 8.07. The lowest BCUT2D eigenvalue weighted by Crippen LogP contribution is -2.34. The molecule has 23 heavy (non-hydrogen) atoms. The number of amides is 2. The summed E-state index contributed by atoms with van der Waals surface area (Å²) in [6.07, 6.45) is 3.82. The normalized spacial score (nSPS) is 10.6. The average Bonchev–Trinajstić information content (AvgIpc) is 2.99. The summed E-state index contributed by atoms with van der Waals surface area (Å²) in [6.45, 7) is 4.74. The minimum absolute atomic E-state index is 0.229. The van der Waals surface area contributed by atoms with Crippen molar-refractivity contribution in [3.05, 3.63) is 47.6 Å². The molecule has 2 aromatic rings. The summed E-state index contributed by atoms with van der Waals surface area (Å²) < 4.78 is 5.11. The molecule has 0 aliphatic heterocycles. The minimum atomic E-state index is -0.320. The molecule has 0 aliphatic carbocycles. The number of hydrogen-bond acceptors (Lipinski definition) is 5. The van der Waals surface area contributed by atoms with E-state index in [1.54, 1.807) is 24.4 Å². The van der Waals surface area contributed by atoms with Crippen molar-refractivity contribution in [1.82, 2.24) is 20.8 Å². The Morgan fingerprint density at radius 1 is 1.22 bits per heavy atom. The predicted octanol–water partition coefficient (Wildman–Crippen LogP) is 1.43. The van der Waals surface area contributed by atoms with E-state index >= 15 is 0 Å². The Labute approximate surface area is 134 Å². The summed E-state index contributed by atoms with van der Waals surface area (Å²) in [6, 6.07) is 5.01. The van der Waals surface area contributed by atoms with Crippen LogP contribution in [-0.2, 0) is 6.42 Å². The number of nitrogens with zero attached hydrogens (tertiary/aromatic N) is 2. The molecule has 2 N–H and O–H groups in total. The molecule has 0 fully saturated rings.